The molecular formula is C9H12F6N4. The smallest absolute Gasteiger partial charge is 0.316 e. The van der Waals surface area contributed by atoms with Crippen LogP contribution in [0.5, 0.6) is 0 Å². The third-order valence-electron chi connectivity index (χ3n) is 2.56. The van der Waals surface area contributed by atoms with Crippen LogP contribution >= 0.6 is 0 Å². The normalized spacial score (nSPS) is 15.0. The number of halogens is 6. The molecule has 10 heteroatoms. The zero-order chi connectivity index (χ0) is 14.8. The molecular weight excluding hydrogens is 278 g/mol. The average Bonchev–Trinajstić information content (AvgIpc) is 2.58. The monoisotopic (exact) mass is 290 g/mol. The molecule has 1 heterocycles. The Balaban J connectivity index is 2.97. The molecule has 0 aromatic carbocycles. The van der Waals surface area contributed by atoms with E-state index in [2.05, 4.69) is 15.6 Å². The summed E-state index contributed by atoms with van der Waals surface area (Å²) < 4.78 is 76.6. The number of nitrogens with one attached hydrogen (secondary N) is 1. The molecule has 110 valence electrons. The first kappa shape index (κ1) is 15.7. The minimum Gasteiger partial charge on any atom is -0.316 e. The maximum atomic E-state index is 12.6. The highest BCUT2D eigenvalue weighted by atomic mass is 19.4. The van der Waals surface area contributed by atoms with Crippen LogP contribution < -0.4 is 5.32 Å². The largest absolute Gasteiger partial charge is 0.402 e. The molecule has 1 aromatic rings. The van der Waals surface area contributed by atoms with E-state index in [0.717, 1.165) is 7.05 Å². The van der Waals surface area contributed by atoms with E-state index in [1.807, 2.05) is 0 Å². The second-order valence-electron chi connectivity index (χ2n) is 4.04. The zero-order valence-corrected chi connectivity index (χ0v) is 10.0. The summed E-state index contributed by atoms with van der Waals surface area (Å²) in [6.07, 6.45) is -10.0. The highest BCUT2D eigenvalue weighted by molar-refractivity contribution is 4.99. The Bertz CT molecular complexity index is 396. The molecule has 0 bridgehead atoms. The van der Waals surface area contributed by atoms with E-state index in [0.29, 0.717) is 0 Å². The van der Waals surface area contributed by atoms with E-state index >= 15 is 0 Å². The fraction of sp³-hybridized carbons (Fsp3) is 0.778. The van der Waals surface area contributed by atoms with Gasteiger partial charge in [-0.1, -0.05) is 5.21 Å². The molecule has 1 N–H and O–H groups in total. The van der Waals surface area contributed by atoms with Crippen molar-refractivity contribution in [3.8, 4) is 0 Å². The molecule has 1 unspecified atom stereocenters. The standard InChI is InChI=1S/C9H12F6N4/c1-16-6(3-5-4-19(2)18-17-5)7(8(10,11)12)9(13,14)15/h4,6-7,16H,3H2,1-2H3. The van der Waals surface area contributed by atoms with E-state index in [1.54, 1.807) is 0 Å². The van der Waals surface area contributed by atoms with Crippen LogP contribution in [0.3, 0.4) is 0 Å². The van der Waals surface area contributed by atoms with Crippen molar-refractivity contribution in [1.29, 1.82) is 0 Å². The Morgan fingerprint density at radius 3 is 2.05 bits per heavy atom. The Kier molecular flexibility index (Phi) is 4.43. The maximum absolute atomic E-state index is 12.6. The lowest BCUT2D eigenvalue weighted by Crippen LogP contribution is -2.51. The molecule has 0 aliphatic heterocycles. The summed E-state index contributed by atoms with van der Waals surface area (Å²) >= 11 is 0. The molecule has 1 aromatic heterocycles. The van der Waals surface area contributed by atoms with Gasteiger partial charge in [-0.15, -0.1) is 5.10 Å². The predicted molar refractivity (Wildman–Crippen MR) is 53.2 cm³/mol. The molecule has 0 amide bonds. The number of hydrogen-bond donors (Lipinski definition) is 1. The van der Waals surface area contributed by atoms with E-state index in [4.69, 9.17) is 0 Å². The summed E-state index contributed by atoms with van der Waals surface area (Å²) in [7, 11) is 2.52. The second-order valence-corrected chi connectivity index (χ2v) is 4.04. The average molecular weight is 290 g/mol. The first-order chi connectivity index (χ1) is 8.55. The van der Waals surface area contributed by atoms with Crippen molar-refractivity contribution < 1.29 is 26.3 Å². The van der Waals surface area contributed by atoms with Crippen LogP contribution in [-0.2, 0) is 13.5 Å². The molecule has 0 aliphatic rings. The Labute approximate surface area is 104 Å². The Hall–Kier alpha value is -1.32. The van der Waals surface area contributed by atoms with Crippen molar-refractivity contribution in [1.82, 2.24) is 20.3 Å². The third kappa shape index (κ3) is 4.08. The van der Waals surface area contributed by atoms with Crippen LogP contribution in [0.4, 0.5) is 26.3 Å². The minimum absolute atomic E-state index is 0.0559. The number of alkyl halides is 6. The molecule has 19 heavy (non-hydrogen) atoms. The predicted octanol–water partition coefficient (Wildman–Crippen LogP) is 1.69. The fourth-order valence-electron chi connectivity index (χ4n) is 1.74. The fourth-order valence-corrected chi connectivity index (χ4v) is 1.74. The highest BCUT2D eigenvalue weighted by Gasteiger charge is 2.59. The van der Waals surface area contributed by atoms with Gasteiger partial charge in [0.15, 0.2) is 5.92 Å². The van der Waals surface area contributed by atoms with Gasteiger partial charge in [0, 0.05) is 25.7 Å². The number of aromatic nitrogens is 3. The van der Waals surface area contributed by atoms with Crippen LogP contribution in [0, 0.1) is 5.92 Å². The van der Waals surface area contributed by atoms with Gasteiger partial charge in [-0.25, -0.2) is 0 Å². The van der Waals surface area contributed by atoms with E-state index in [-0.39, 0.29) is 5.69 Å². The Morgan fingerprint density at radius 2 is 1.74 bits per heavy atom. The van der Waals surface area contributed by atoms with Crippen LogP contribution in [-0.4, -0.2) is 40.4 Å². The summed E-state index contributed by atoms with van der Waals surface area (Å²) in [6.45, 7) is 0. The molecule has 1 atom stereocenters. The molecule has 0 saturated heterocycles. The Morgan fingerprint density at radius 1 is 1.21 bits per heavy atom. The van der Waals surface area contributed by atoms with Crippen LogP contribution in [0.15, 0.2) is 6.20 Å². The number of aryl methyl sites for hydroxylation is 1. The highest BCUT2D eigenvalue weighted by Crippen LogP contribution is 2.41. The van der Waals surface area contributed by atoms with Crippen molar-refractivity contribution in [3.05, 3.63) is 11.9 Å². The molecule has 1 rings (SSSR count). The molecule has 0 aliphatic carbocycles. The summed E-state index contributed by atoms with van der Waals surface area (Å²) in [5.41, 5.74) is 0.0559. The first-order valence-corrected chi connectivity index (χ1v) is 5.21. The number of nitrogens with zero attached hydrogens (tertiary/aromatic N) is 3. The first-order valence-electron chi connectivity index (χ1n) is 5.21. The summed E-state index contributed by atoms with van der Waals surface area (Å²) in [5, 5.41) is 9.01. The van der Waals surface area contributed by atoms with Crippen LogP contribution in [0.2, 0.25) is 0 Å². The quantitative estimate of drug-likeness (QED) is 0.858. The van der Waals surface area contributed by atoms with Crippen molar-refractivity contribution >= 4 is 0 Å². The lowest BCUT2D eigenvalue weighted by molar-refractivity contribution is -0.291. The SMILES string of the molecule is CNC(Cc1cn(C)nn1)C(C(F)(F)F)C(F)(F)F. The van der Waals surface area contributed by atoms with Crippen molar-refractivity contribution in [2.75, 3.05) is 7.05 Å². The molecule has 0 radical (unpaired) electrons. The van der Waals surface area contributed by atoms with E-state index < -0.39 is 30.7 Å². The second kappa shape index (κ2) is 5.35. The van der Waals surface area contributed by atoms with Gasteiger partial charge in [0.1, 0.15) is 0 Å². The van der Waals surface area contributed by atoms with Crippen LogP contribution in [0.25, 0.3) is 0 Å². The molecule has 0 fully saturated rings. The van der Waals surface area contributed by atoms with E-state index in [1.165, 1.54) is 17.9 Å². The molecule has 0 spiro atoms. The third-order valence-corrected chi connectivity index (χ3v) is 2.56. The lowest BCUT2D eigenvalue weighted by atomic mass is 9.94. The maximum Gasteiger partial charge on any atom is 0.402 e. The van der Waals surface area contributed by atoms with Gasteiger partial charge in [-0.2, -0.15) is 26.3 Å². The lowest BCUT2D eigenvalue weighted by Gasteiger charge is -2.29. The zero-order valence-electron chi connectivity index (χ0n) is 10.0. The number of likely N-dealkylation sites (N-methyl/N-ethyl adjacent to an activating group) is 1. The number of rotatable bonds is 4. The topological polar surface area (TPSA) is 42.7 Å². The van der Waals surface area contributed by atoms with Gasteiger partial charge in [-0.05, 0) is 7.05 Å². The summed E-state index contributed by atoms with van der Waals surface area (Å²) in [6, 6.07) is -1.85. The van der Waals surface area contributed by atoms with Gasteiger partial charge in [0.05, 0.1) is 5.69 Å². The number of hydrogen-bond acceptors (Lipinski definition) is 3. The summed E-state index contributed by atoms with van der Waals surface area (Å²) in [5.74, 6) is -3.45. The van der Waals surface area contributed by atoms with Gasteiger partial charge >= 0.3 is 12.4 Å². The molecule has 4 nitrogen and oxygen atoms in total. The van der Waals surface area contributed by atoms with Gasteiger partial charge in [0.25, 0.3) is 0 Å². The van der Waals surface area contributed by atoms with Gasteiger partial charge < -0.3 is 5.32 Å². The van der Waals surface area contributed by atoms with Crippen molar-refractivity contribution in [2.24, 2.45) is 13.0 Å². The minimum atomic E-state index is -5.38. The molecule has 0 saturated carbocycles. The van der Waals surface area contributed by atoms with Gasteiger partial charge in [0.2, 0.25) is 0 Å². The van der Waals surface area contributed by atoms with Gasteiger partial charge in [-0.3, -0.25) is 4.68 Å². The van der Waals surface area contributed by atoms with Crippen molar-refractivity contribution in [2.45, 2.75) is 24.8 Å². The summed E-state index contributed by atoms with van der Waals surface area (Å²) in [4.78, 5) is 0. The van der Waals surface area contributed by atoms with E-state index in [9.17, 15) is 26.3 Å². The van der Waals surface area contributed by atoms with Crippen LogP contribution in [0.1, 0.15) is 5.69 Å². The van der Waals surface area contributed by atoms with Crippen molar-refractivity contribution in [3.63, 3.8) is 0 Å².